The summed E-state index contributed by atoms with van der Waals surface area (Å²) < 4.78 is 0. The van der Waals surface area contributed by atoms with Crippen molar-refractivity contribution in [2.45, 2.75) is 70.0 Å². The smallest absolute Gasteiger partial charge is 0.252 e. The Hall–Kier alpha value is -1.10. The van der Waals surface area contributed by atoms with E-state index in [1.807, 2.05) is 12.1 Å². The second-order valence-corrected chi connectivity index (χ2v) is 9.07. The first kappa shape index (κ1) is 19.2. The standard InChI is InChI=1S/C22H32ClN3O/c23-21-9-8-17(14-26-15-18-11-19(26)13-24-18)10-20(21)22(27)25-12-16-6-4-2-1-3-5-7-16/h8-10,16,18-19,24H,1-7,11-15H2,(H,25,27). The van der Waals surface area contributed by atoms with Crippen molar-refractivity contribution in [2.75, 3.05) is 19.6 Å². The third-order valence-corrected chi connectivity index (χ3v) is 6.94. The van der Waals surface area contributed by atoms with Gasteiger partial charge in [-0.3, -0.25) is 9.69 Å². The second kappa shape index (κ2) is 8.93. The Labute approximate surface area is 168 Å². The van der Waals surface area contributed by atoms with E-state index in [4.69, 9.17) is 11.6 Å². The summed E-state index contributed by atoms with van der Waals surface area (Å²) in [5.74, 6) is 0.595. The highest BCUT2D eigenvalue weighted by molar-refractivity contribution is 6.33. The minimum Gasteiger partial charge on any atom is -0.352 e. The summed E-state index contributed by atoms with van der Waals surface area (Å²) in [6.07, 6.45) is 10.4. The molecule has 1 amide bonds. The summed E-state index contributed by atoms with van der Waals surface area (Å²) in [5, 5.41) is 7.25. The van der Waals surface area contributed by atoms with Gasteiger partial charge in [-0.15, -0.1) is 0 Å². The number of nitrogens with zero attached hydrogens (tertiary/aromatic N) is 1. The van der Waals surface area contributed by atoms with Crippen molar-refractivity contribution in [3.05, 3.63) is 34.3 Å². The molecule has 1 aliphatic carbocycles. The van der Waals surface area contributed by atoms with Crippen molar-refractivity contribution < 1.29 is 4.79 Å². The SMILES string of the molecule is O=C(NCC1CCCCCCC1)c1cc(CN2CC3CC2CN3)ccc1Cl. The van der Waals surface area contributed by atoms with E-state index in [-0.39, 0.29) is 5.91 Å². The predicted molar refractivity (Wildman–Crippen MR) is 110 cm³/mol. The van der Waals surface area contributed by atoms with Crippen LogP contribution in [0.25, 0.3) is 0 Å². The average Bonchev–Trinajstić information content (AvgIpc) is 3.25. The molecule has 0 radical (unpaired) electrons. The van der Waals surface area contributed by atoms with Gasteiger partial charge in [0, 0.05) is 38.3 Å². The van der Waals surface area contributed by atoms with E-state index in [0.717, 1.165) is 26.2 Å². The van der Waals surface area contributed by atoms with Crippen molar-refractivity contribution in [1.29, 1.82) is 0 Å². The molecule has 5 heteroatoms. The highest BCUT2D eigenvalue weighted by Crippen LogP contribution is 2.27. The zero-order valence-corrected chi connectivity index (χ0v) is 16.9. The molecule has 2 saturated heterocycles. The summed E-state index contributed by atoms with van der Waals surface area (Å²) in [7, 11) is 0. The van der Waals surface area contributed by atoms with Gasteiger partial charge in [0.15, 0.2) is 0 Å². The fourth-order valence-electron chi connectivity index (χ4n) is 5.00. The Bertz CT molecular complexity index is 657. The molecule has 2 atom stereocenters. The van der Waals surface area contributed by atoms with Crippen LogP contribution in [0.5, 0.6) is 0 Å². The van der Waals surface area contributed by atoms with Gasteiger partial charge in [-0.05, 0) is 42.9 Å². The molecule has 4 nitrogen and oxygen atoms in total. The molecule has 0 spiro atoms. The molecule has 27 heavy (non-hydrogen) atoms. The number of carbonyl (C=O) groups excluding carboxylic acids is 1. The van der Waals surface area contributed by atoms with E-state index in [1.54, 1.807) is 0 Å². The van der Waals surface area contributed by atoms with Crippen molar-refractivity contribution in [1.82, 2.24) is 15.5 Å². The van der Waals surface area contributed by atoms with Crippen LogP contribution in [-0.4, -0.2) is 42.5 Å². The van der Waals surface area contributed by atoms with Gasteiger partial charge in [0.05, 0.1) is 10.6 Å². The normalized spacial score (nSPS) is 26.7. The lowest BCUT2D eigenvalue weighted by atomic mass is 9.91. The quantitative estimate of drug-likeness (QED) is 0.800. The number of hydrogen-bond donors (Lipinski definition) is 2. The molecule has 2 unspecified atom stereocenters. The van der Waals surface area contributed by atoms with E-state index in [9.17, 15) is 4.79 Å². The van der Waals surface area contributed by atoms with Crippen molar-refractivity contribution in [3.8, 4) is 0 Å². The first-order valence-corrected chi connectivity index (χ1v) is 11.1. The number of rotatable bonds is 5. The number of piperazine rings is 1. The monoisotopic (exact) mass is 389 g/mol. The topological polar surface area (TPSA) is 44.4 Å². The van der Waals surface area contributed by atoms with Gasteiger partial charge in [-0.25, -0.2) is 0 Å². The highest BCUT2D eigenvalue weighted by atomic mass is 35.5. The molecule has 2 heterocycles. The third-order valence-electron chi connectivity index (χ3n) is 6.61. The van der Waals surface area contributed by atoms with Gasteiger partial charge >= 0.3 is 0 Å². The molecule has 0 aromatic heterocycles. The van der Waals surface area contributed by atoms with Crippen molar-refractivity contribution >= 4 is 17.5 Å². The lowest BCUT2D eigenvalue weighted by Gasteiger charge is -2.27. The number of benzene rings is 1. The predicted octanol–water partition coefficient (Wildman–Crippen LogP) is 3.98. The van der Waals surface area contributed by atoms with Crippen LogP contribution < -0.4 is 10.6 Å². The average molecular weight is 390 g/mol. The minimum absolute atomic E-state index is 0.0199. The summed E-state index contributed by atoms with van der Waals surface area (Å²) in [5.41, 5.74) is 1.81. The Balaban J connectivity index is 1.34. The highest BCUT2D eigenvalue weighted by Gasteiger charge is 2.37. The van der Waals surface area contributed by atoms with Crippen molar-refractivity contribution in [2.24, 2.45) is 5.92 Å². The lowest BCUT2D eigenvalue weighted by Crippen LogP contribution is -2.43. The second-order valence-electron chi connectivity index (χ2n) is 8.66. The maximum Gasteiger partial charge on any atom is 0.252 e. The third kappa shape index (κ3) is 4.85. The van der Waals surface area contributed by atoms with E-state index >= 15 is 0 Å². The Morgan fingerprint density at radius 2 is 1.96 bits per heavy atom. The summed E-state index contributed by atoms with van der Waals surface area (Å²) in [6.45, 7) is 3.88. The van der Waals surface area contributed by atoms with Gasteiger partial charge < -0.3 is 10.6 Å². The van der Waals surface area contributed by atoms with Crippen LogP contribution in [0.2, 0.25) is 5.02 Å². The van der Waals surface area contributed by atoms with Crippen LogP contribution in [0.4, 0.5) is 0 Å². The van der Waals surface area contributed by atoms with Gasteiger partial charge in [-0.1, -0.05) is 49.8 Å². The number of hydrogen-bond acceptors (Lipinski definition) is 3. The van der Waals surface area contributed by atoms with Gasteiger partial charge in [-0.2, -0.15) is 0 Å². The summed E-state index contributed by atoms with van der Waals surface area (Å²) in [4.78, 5) is 15.3. The van der Waals surface area contributed by atoms with E-state index < -0.39 is 0 Å². The number of fused-ring (bicyclic) bond motifs is 2. The molecular weight excluding hydrogens is 358 g/mol. The fourth-order valence-corrected chi connectivity index (χ4v) is 5.20. The van der Waals surface area contributed by atoms with Gasteiger partial charge in [0.2, 0.25) is 0 Å². The molecule has 1 aromatic rings. The molecule has 2 N–H and O–H groups in total. The number of likely N-dealkylation sites (tertiary alicyclic amines) is 1. The molecule has 1 aromatic carbocycles. The Kier molecular flexibility index (Phi) is 6.36. The first-order valence-electron chi connectivity index (χ1n) is 10.7. The fraction of sp³-hybridized carbons (Fsp3) is 0.682. The number of nitrogens with one attached hydrogen (secondary N) is 2. The molecular formula is C22H32ClN3O. The summed E-state index contributed by atoms with van der Waals surface area (Å²) in [6, 6.07) is 7.23. The lowest BCUT2D eigenvalue weighted by molar-refractivity contribution is 0.0944. The minimum atomic E-state index is -0.0199. The maximum absolute atomic E-state index is 12.8. The molecule has 1 saturated carbocycles. The molecule has 148 valence electrons. The van der Waals surface area contributed by atoms with Crippen LogP contribution in [0, 0.1) is 5.92 Å². The zero-order chi connectivity index (χ0) is 18.6. The van der Waals surface area contributed by atoms with E-state index in [2.05, 4.69) is 21.6 Å². The maximum atomic E-state index is 12.8. The molecule has 4 rings (SSSR count). The Morgan fingerprint density at radius 1 is 1.19 bits per heavy atom. The Morgan fingerprint density at radius 3 is 2.67 bits per heavy atom. The van der Waals surface area contributed by atoms with E-state index in [1.165, 1.54) is 56.9 Å². The number of carbonyl (C=O) groups is 1. The molecule has 2 aliphatic heterocycles. The van der Waals surface area contributed by atoms with Gasteiger partial charge in [0.1, 0.15) is 0 Å². The largest absolute Gasteiger partial charge is 0.352 e. The number of amides is 1. The van der Waals surface area contributed by atoms with Crippen LogP contribution in [-0.2, 0) is 6.54 Å². The van der Waals surface area contributed by atoms with Crippen LogP contribution in [0.1, 0.15) is 67.3 Å². The van der Waals surface area contributed by atoms with E-state index in [0.29, 0.717) is 28.6 Å². The molecule has 2 bridgehead atoms. The van der Waals surface area contributed by atoms with Crippen molar-refractivity contribution in [3.63, 3.8) is 0 Å². The zero-order valence-electron chi connectivity index (χ0n) is 16.2. The summed E-state index contributed by atoms with van der Waals surface area (Å²) >= 11 is 6.36. The molecule has 3 fully saturated rings. The molecule has 3 aliphatic rings. The van der Waals surface area contributed by atoms with Gasteiger partial charge in [0.25, 0.3) is 5.91 Å². The number of halogens is 1. The first-order chi connectivity index (χ1) is 13.2. The van der Waals surface area contributed by atoms with Crippen LogP contribution >= 0.6 is 11.6 Å². The van der Waals surface area contributed by atoms with Crippen LogP contribution in [0.3, 0.4) is 0 Å². The van der Waals surface area contributed by atoms with Crippen LogP contribution in [0.15, 0.2) is 18.2 Å².